The van der Waals surface area contributed by atoms with Gasteiger partial charge in [-0.15, -0.1) is 0 Å². The van der Waals surface area contributed by atoms with E-state index in [9.17, 15) is 22.8 Å². The van der Waals surface area contributed by atoms with Crippen molar-refractivity contribution in [1.29, 1.82) is 0 Å². The van der Waals surface area contributed by atoms with E-state index in [2.05, 4.69) is 14.4 Å². The highest BCUT2D eigenvalue weighted by molar-refractivity contribution is 7.92. The van der Waals surface area contributed by atoms with Gasteiger partial charge < -0.3 is 9.72 Å². The number of H-pyrrole nitrogens is 2. The normalized spacial score (nSPS) is 11.0. The molecule has 10 heteroatoms. The first-order valence-corrected chi connectivity index (χ1v) is 7.77. The summed E-state index contributed by atoms with van der Waals surface area (Å²) in [5, 5.41) is 0. The minimum absolute atomic E-state index is 0.0857. The molecule has 9 nitrogen and oxygen atoms in total. The summed E-state index contributed by atoms with van der Waals surface area (Å²) in [5.41, 5.74) is -1.52. The van der Waals surface area contributed by atoms with Gasteiger partial charge in [0.2, 0.25) is 0 Å². The van der Waals surface area contributed by atoms with Gasteiger partial charge in [0, 0.05) is 11.4 Å². The molecule has 0 bridgehead atoms. The first-order valence-electron chi connectivity index (χ1n) is 6.29. The van der Waals surface area contributed by atoms with Crippen LogP contribution in [0, 0.1) is 6.92 Å². The van der Waals surface area contributed by atoms with Crippen molar-refractivity contribution in [2.24, 2.45) is 0 Å². The molecule has 2 rings (SSSR count). The van der Waals surface area contributed by atoms with Crippen LogP contribution in [-0.4, -0.2) is 31.5 Å². The molecule has 23 heavy (non-hydrogen) atoms. The number of aromatic amines is 2. The lowest BCUT2D eigenvalue weighted by Crippen LogP contribution is -2.31. The predicted molar refractivity (Wildman–Crippen MR) is 81.0 cm³/mol. The van der Waals surface area contributed by atoms with Crippen molar-refractivity contribution < 1.29 is 17.9 Å². The highest BCUT2D eigenvalue weighted by Crippen LogP contribution is 2.15. The Balaban J connectivity index is 2.38. The maximum absolute atomic E-state index is 12.3. The molecule has 0 aliphatic heterocycles. The highest BCUT2D eigenvalue weighted by Gasteiger charge is 2.22. The van der Waals surface area contributed by atoms with Crippen LogP contribution >= 0.6 is 0 Å². The van der Waals surface area contributed by atoms with Gasteiger partial charge in [0.05, 0.1) is 12.7 Å². The molecule has 0 fully saturated rings. The molecule has 1 aromatic carbocycles. The zero-order valence-corrected chi connectivity index (χ0v) is 13.0. The van der Waals surface area contributed by atoms with E-state index in [0.29, 0.717) is 0 Å². The molecule has 0 spiro atoms. The summed E-state index contributed by atoms with van der Waals surface area (Å²) in [7, 11) is -2.98. The van der Waals surface area contributed by atoms with Crippen LogP contribution in [0.15, 0.2) is 38.8 Å². The molecule has 1 aromatic heterocycles. The zero-order chi connectivity index (χ0) is 17.2. The molecule has 1 heterocycles. The van der Waals surface area contributed by atoms with Crippen LogP contribution in [0.3, 0.4) is 0 Å². The maximum atomic E-state index is 12.3. The number of hydrogen-bond donors (Lipinski definition) is 3. The van der Waals surface area contributed by atoms with Gasteiger partial charge in [-0.25, -0.2) is 18.0 Å². The van der Waals surface area contributed by atoms with Crippen molar-refractivity contribution in [3.05, 3.63) is 56.4 Å². The molecule has 0 aliphatic carbocycles. The summed E-state index contributed by atoms with van der Waals surface area (Å²) < 4.78 is 31.3. The van der Waals surface area contributed by atoms with E-state index in [0.717, 1.165) is 0 Å². The Bertz CT molecular complexity index is 956. The summed E-state index contributed by atoms with van der Waals surface area (Å²) in [6.45, 7) is 1.30. The fraction of sp³-hybridized carbons (Fsp3) is 0.154. The van der Waals surface area contributed by atoms with Gasteiger partial charge in [0.15, 0.2) is 4.90 Å². The van der Waals surface area contributed by atoms with Crippen LogP contribution in [0.1, 0.15) is 16.1 Å². The number of carbonyl (C=O) groups is 1. The number of carbonyl (C=O) groups excluding carboxylic acids is 1. The number of esters is 1. The van der Waals surface area contributed by atoms with Gasteiger partial charge in [-0.05, 0) is 31.2 Å². The third-order valence-electron chi connectivity index (χ3n) is 2.90. The van der Waals surface area contributed by atoms with Crippen molar-refractivity contribution in [3.63, 3.8) is 0 Å². The number of methoxy groups -OCH3 is 1. The molecule has 0 saturated heterocycles. The van der Waals surface area contributed by atoms with Gasteiger partial charge in [-0.1, -0.05) is 0 Å². The SMILES string of the molecule is COC(=O)c1ccc(NS(=O)(=O)c2c(C)[nH]c(=O)[nH]c2=O)cc1. The average Bonchev–Trinajstić information content (AvgIpc) is 2.45. The van der Waals surface area contributed by atoms with E-state index in [1.54, 1.807) is 0 Å². The molecule has 2 aromatic rings. The van der Waals surface area contributed by atoms with Crippen LogP contribution in [0.5, 0.6) is 0 Å². The fourth-order valence-electron chi connectivity index (χ4n) is 1.91. The molecule has 3 N–H and O–H groups in total. The Labute approximate surface area is 130 Å². The van der Waals surface area contributed by atoms with Crippen LogP contribution < -0.4 is 16.0 Å². The first kappa shape index (κ1) is 16.5. The number of aromatic nitrogens is 2. The summed E-state index contributed by atoms with van der Waals surface area (Å²) in [4.78, 5) is 37.6. The molecule has 122 valence electrons. The zero-order valence-electron chi connectivity index (χ0n) is 12.2. The van der Waals surface area contributed by atoms with Crippen molar-refractivity contribution in [2.75, 3.05) is 11.8 Å². The van der Waals surface area contributed by atoms with Crippen LogP contribution in [0.25, 0.3) is 0 Å². The summed E-state index contributed by atoms with van der Waals surface area (Å²) in [5.74, 6) is -0.563. The number of sulfonamides is 1. The van der Waals surface area contributed by atoms with E-state index >= 15 is 0 Å². The van der Waals surface area contributed by atoms with Crippen molar-refractivity contribution in [3.8, 4) is 0 Å². The number of benzene rings is 1. The Morgan fingerprint density at radius 1 is 1.13 bits per heavy atom. The minimum Gasteiger partial charge on any atom is -0.465 e. The Kier molecular flexibility index (Phi) is 4.36. The summed E-state index contributed by atoms with van der Waals surface area (Å²) in [6.07, 6.45) is 0. The van der Waals surface area contributed by atoms with Gasteiger partial charge >= 0.3 is 11.7 Å². The third-order valence-corrected chi connectivity index (χ3v) is 4.44. The number of ether oxygens (including phenoxy) is 1. The minimum atomic E-state index is -4.21. The lowest BCUT2D eigenvalue weighted by molar-refractivity contribution is 0.0601. The fourth-order valence-corrected chi connectivity index (χ4v) is 3.21. The van der Waals surface area contributed by atoms with Gasteiger partial charge in [0.25, 0.3) is 15.6 Å². The van der Waals surface area contributed by atoms with E-state index in [1.165, 1.54) is 38.3 Å². The monoisotopic (exact) mass is 339 g/mol. The van der Waals surface area contributed by atoms with Gasteiger partial charge in [-0.2, -0.15) is 0 Å². The predicted octanol–water partition coefficient (Wildman–Crippen LogP) is -0.0410. The number of nitrogens with one attached hydrogen (secondary N) is 3. The van der Waals surface area contributed by atoms with E-state index in [4.69, 9.17) is 0 Å². The van der Waals surface area contributed by atoms with Gasteiger partial charge in [-0.3, -0.25) is 14.5 Å². The lowest BCUT2D eigenvalue weighted by Gasteiger charge is -2.09. The van der Waals surface area contributed by atoms with Crippen LogP contribution in [-0.2, 0) is 14.8 Å². The quantitative estimate of drug-likeness (QED) is 0.668. The van der Waals surface area contributed by atoms with Crippen molar-refractivity contribution in [2.45, 2.75) is 11.8 Å². The molecule has 0 amide bonds. The average molecular weight is 339 g/mol. The van der Waals surface area contributed by atoms with E-state index < -0.39 is 32.1 Å². The molecular formula is C13H13N3O6S. The second-order valence-electron chi connectivity index (χ2n) is 4.54. The maximum Gasteiger partial charge on any atom is 0.337 e. The Morgan fingerprint density at radius 3 is 2.26 bits per heavy atom. The topological polar surface area (TPSA) is 138 Å². The van der Waals surface area contributed by atoms with Gasteiger partial charge in [0.1, 0.15) is 0 Å². The Morgan fingerprint density at radius 2 is 1.74 bits per heavy atom. The number of hydrogen-bond acceptors (Lipinski definition) is 6. The largest absolute Gasteiger partial charge is 0.465 e. The smallest absolute Gasteiger partial charge is 0.337 e. The molecule has 0 saturated carbocycles. The first-order chi connectivity index (χ1) is 10.7. The van der Waals surface area contributed by atoms with Crippen LogP contribution in [0.4, 0.5) is 5.69 Å². The molecule has 0 atom stereocenters. The number of aryl methyl sites for hydroxylation is 1. The lowest BCUT2D eigenvalue weighted by atomic mass is 10.2. The standard InChI is InChI=1S/C13H13N3O6S/c1-7-10(11(17)15-13(19)14-7)23(20,21)16-9-5-3-8(4-6-9)12(18)22-2/h3-6,16H,1-2H3,(H2,14,15,17,19). The van der Waals surface area contributed by atoms with Crippen molar-refractivity contribution in [1.82, 2.24) is 9.97 Å². The molecular weight excluding hydrogens is 326 g/mol. The number of anilines is 1. The molecule has 0 unspecified atom stereocenters. The second-order valence-corrected chi connectivity index (χ2v) is 6.16. The van der Waals surface area contributed by atoms with Crippen molar-refractivity contribution >= 4 is 21.7 Å². The van der Waals surface area contributed by atoms with Crippen LogP contribution in [0.2, 0.25) is 0 Å². The Hall–Kier alpha value is -2.88. The van der Waals surface area contributed by atoms with E-state index in [-0.39, 0.29) is 16.9 Å². The number of rotatable bonds is 4. The van der Waals surface area contributed by atoms with E-state index in [1.807, 2.05) is 4.98 Å². The molecule has 0 aliphatic rings. The second kappa shape index (κ2) is 6.08. The summed E-state index contributed by atoms with van der Waals surface area (Å²) >= 11 is 0. The highest BCUT2D eigenvalue weighted by atomic mass is 32.2. The third kappa shape index (κ3) is 3.48. The summed E-state index contributed by atoms with van der Waals surface area (Å²) in [6, 6.07) is 5.43. The molecule has 0 radical (unpaired) electrons.